The summed E-state index contributed by atoms with van der Waals surface area (Å²) in [6.45, 7) is 2.34. The number of carbonyl (C=O) groups is 1. The maximum Gasteiger partial charge on any atom is 0.223 e. The molecule has 0 spiro atoms. The van der Waals surface area contributed by atoms with Gasteiger partial charge in [0.2, 0.25) is 5.91 Å². The van der Waals surface area contributed by atoms with Crippen LogP contribution in [-0.2, 0) is 11.3 Å². The molecule has 25 heavy (non-hydrogen) atoms. The molecule has 4 nitrogen and oxygen atoms in total. The molecule has 6 heteroatoms. The number of amides is 1. The van der Waals surface area contributed by atoms with Gasteiger partial charge in [0, 0.05) is 12.5 Å². The third kappa shape index (κ3) is 4.88. The molecule has 2 N–H and O–H groups in total. The Kier molecular flexibility index (Phi) is 6.19. The van der Waals surface area contributed by atoms with Gasteiger partial charge in [-0.25, -0.2) is 0 Å². The molecule has 1 saturated heterocycles. The minimum atomic E-state index is 0.119. The van der Waals surface area contributed by atoms with Crippen LogP contribution >= 0.6 is 23.2 Å². The van der Waals surface area contributed by atoms with E-state index in [1.54, 1.807) is 18.2 Å². The van der Waals surface area contributed by atoms with Crippen LogP contribution in [0.5, 0.6) is 11.5 Å². The molecule has 0 atom stereocenters. The van der Waals surface area contributed by atoms with E-state index in [9.17, 15) is 4.79 Å². The molecule has 0 unspecified atom stereocenters. The molecule has 2 aromatic rings. The number of halogens is 2. The van der Waals surface area contributed by atoms with Crippen molar-refractivity contribution in [2.75, 3.05) is 13.1 Å². The molecule has 1 aliphatic heterocycles. The molecule has 132 valence electrons. The van der Waals surface area contributed by atoms with Crippen molar-refractivity contribution in [1.82, 2.24) is 10.6 Å². The Morgan fingerprint density at radius 2 is 1.84 bits per heavy atom. The topological polar surface area (TPSA) is 50.4 Å². The highest BCUT2D eigenvalue weighted by molar-refractivity contribution is 6.42. The SMILES string of the molecule is O=C(NCc1ccc(Oc2cccc(Cl)c2Cl)cc1)C1CCNCC1. The van der Waals surface area contributed by atoms with E-state index in [-0.39, 0.29) is 11.8 Å². The van der Waals surface area contributed by atoms with Crippen molar-refractivity contribution in [3.63, 3.8) is 0 Å². The van der Waals surface area contributed by atoms with E-state index in [4.69, 9.17) is 27.9 Å². The van der Waals surface area contributed by atoms with E-state index >= 15 is 0 Å². The first-order valence-corrected chi connectivity index (χ1v) is 9.08. The van der Waals surface area contributed by atoms with Crippen LogP contribution in [0.15, 0.2) is 42.5 Å². The number of piperidine rings is 1. The summed E-state index contributed by atoms with van der Waals surface area (Å²) >= 11 is 12.1. The summed E-state index contributed by atoms with van der Waals surface area (Å²) in [6, 6.07) is 12.8. The molecule has 1 heterocycles. The second-order valence-corrected chi connectivity index (χ2v) is 6.83. The number of benzene rings is 2. The highest BCUT2D eigenvalue weighted by atomic mass is 35.5. The van der Waals surface area contributed by atoms with Crippen LogP contribution in [0.3, 0.4) is 0 Å². The number of rotatable bonds is 5. The predicted octanol–water partition coefficient (Wildman–Crippen LogP) is 4.40. The fraction of sp³-hybridized carbons (Fsp3) is 0.316. The largest absolute Gasteiger partial charge is 0.456 e. The minimum absolute atomic E-state index is 0.119. The number of ether oxygens (including phenoxy) is 1. The number of nitrogens with one attached hydrogen (secondary N) is 2. The lowest BCUT2D eigenvalue weighted by molar-refractivity contribution is -0.125. The van der Waals surface area contributed by atoms with Crippen molar-refractivity contribution >= 4 is 29.1 Å². The third-order valence-electron chi connectivity index (χ3n) is 4.24. The molecule has 1 fully saturated rings. The van der Waals surface area contributed by atoms with Crippen molar-refractivity contribution in [2.45, 2.75) is 19.4 Å². The maximum absolute atomic E-state index is 12.2. The predicted molar refractivity (Wildman–Crippen MR) is 100 cm³/mol. The zero-order chi connectivity index (χ0) is 17.6. The van der Waals surface area contributed by atoms with Crippen LogP contribution in [0.2, 0.25) is 10.0 Å². The summed E-state index contributed by atoms with van der Waals surface area (Å²) in [5.41, 5.74) is 1.02. The Hall–Kier alpha value is -1.75. The molecular weight excluding hydrogens is 359 g/mol. The molecule has 2 aromatic carbocycles. The van der Waals surface area contributed by atoms with Crippen LogP contribution in [0, 0.1) is 5.92 Å². The maximum atomic E-state index is 12.2. The second-order valence-electron chi connectivity index (χ2n) is 6.04. The number of hydrogen-bond acceptors (Lipinski definition) is 3. The fourth-order valence-electron chi connectivity index (χ4n) is 2.78. The average molecular weight is 379 g/mol. The molecule has 0 aromatic heterocycles. The lowest BCUT2D eigenvalue weighted by Gasteiger charge is -2.21. The third-order valence-corrected chi connectivity index (χ3v) is 5.05. The Morgan fingerprint density at radius 1 is 1.12 bits per heavy atom. The van der Waals surface area contributed by atoms with Crippen molar-refractivity contribution in [2.24, 2.45) is 5.92 Å². The Balaban J connectivity index is 1.55. The van der Waals surface area contributed by atoms with E-state index in [0.717, 1.165) is 31.5 Å². The van der Waals surface area contributed by atoms with Crippen molar-refractivity contribution in [3.8, 4) is 11.5 Å². The molecule has 1 aliphatic rings. The van der Waals surface area contributed by atoms with E-state index in [1.165, 1.54) is 0 Å². The monoisotopic (exact) mass is 378 g/mol. The Bertz CT molecular complexity index is 729. The van der Waals surface area contributed by atoms with Crippen molar-refractivity contribution in [3.05, 3.63) is 58.1 Å². The smallest absolute Gasteiger partial charge is 0.223 e. The van der Waals surface area contributed by atoms with Gasteiger partial charge in [-0.15, -0.1) is 0 Å². The van der Waals surface area contributed by atoms with Gasteiger partial charge in [-0.3, -0.25) is 4.79 Å². The van der Waals surface area contributed by atoms with Crippen LogP contribution in [0.1, 0.15) is 18.4 Å². The number of hydrogen-bond donors (Lipinski definition) is 2. The zero-order valence-electron chi connectivity index (χ0n) is 13.7. The van der Waals surface area contributed by atoms with Crippen molar-refractivity contribution < 1.29 is 9.53 Å². The second kappa shape index (κ2) is 8.56. The van der Waals surface area contributed by atoms with Gasteiger partial charge in [0.05, 0.1) is 5.02 Å². The van der Waals surface area contributed by atoms with Gasteiger partial charge in [0.25, 0.3) is 0 Å². The summed E-state index contributed by atoms with van der Waals surface area (Å²) in [4.78, 5) is 12.2. The molecule has 0 saturated carbocycles. The minimum Gasteiger partial charge on any atom is -0.456 e. The first kappa shape index (κ1) is 18.1. The summed E-state index contributed by atoms with van der Waals surface area (Å²) in [7, 11) is 0. The quantitative estimate of drug-likeness (QED) is 0.810. The Labute approximate surface area is 157 Å². The Morgan fingerprint density at radius 3 is 2.56 bits per heavy atom. The molecule has 0 bridgehead atoms. The van der Waals surface area contributed by atoms with Gasteiger partial charge in [0.15, 0.2) is 0 Å². The standard InChI is InChI=1S/C19H20Cl2N2O2/c20-16-2-1-3-17(18(16)21)25-15-6-4-13(5-7-15)12-23-19(24)14-8-10-22-11-9-14/h1-7,14,22H,8-12H2,(H,23,24). The van der Waals surface area contributed by atoms with Gasteiger partial charge in [-0.2, -0.15) is 0 Å². The highest BCUT2D eigenvalue weighted by Crippen LogP contribution is 2.34. The normalized spacial score (nSPS) is 15.0. The summed E-state index contributed by atoms with van der Waals surface area (Å²) in [5.74, 6) is 1.43. The van der Waals surface area contributed by atoms with Crippen molar-refractivity contribution in [1.29, 1.82) is 0 Å². The van der Waals surface area contributed by atoms with Gasteiger partial charge >= 0.3 is 0 Å². The highest BCUT2D eigenvalue weighted by Gasteiger charge is 2.20. The van der Waals surface area contributed by atoms with E-state index < -0.39 is 0 Å². The number of carbonyl (C=O) groups excluding carboxylic acids is 1. The van der Waals surface area contributed by atoms with E-state index in [2.05, 4.69) is 10.6 Å². The summed E-state index contributed by atoms with van der Waals surface area (Å²) in [5, 5.41) is 7.12. The first-order chi connectivity index (χ1) is 12.1. The first-order valence-electron chi connectivity index (χ1n) is 8.33. The van der Waals surface area contributed by atoms with E-state index in [1.807, 2.05) is 24.3 Å². The van der Waals surface area contributed by atoms with Gasteiger partial charge in [0.1, 0.15) is 16.5 Å². The van der Waals surface area contributed by atoms with Crippen LogP contribution in [0.25, 0.3) is 0 Å². The summed E-state index contributed by atoms with van der Waals surface area (Å²) < 4.78 is 5.76. The molecule has 1 amide bonds. The van der Waals surface area contributed by atoms with Crippen LogP contribution < -0.4 is 15.4 Å². The molecule has 0 aliphatic carbocycles. The average Bonchev–Trinajstić information content (AvgIpc) is 2.65. The molecular formula is C19H20Cl2N2O2. The lowest BCUT2D eigenvalue weighted by atomic mass is 9.97. The fourth-order valence-corrected chi connectivity index (χ4v) is 3.11. The van der Waals surface area contributed by atoms with Crippen LogP contribution in [0.4, 0.5) is 0 Å². The van der Waals surface area contributed by atoms with Gasteiger partial charge < -0.3 is 15.4 Å². The molecule has 3 rings (SSSR count). The van der Waals surface area contributed by atoms with Crippen LogP contribution in [-0.4, -0.2) is 19.0 Å². The summed E-state index contributed by atoms with van der Waals surface area (Å²) in [6.07, 6.45) is 1.80. The lowest BCUT2D eigenvalue weighted by Crippen LogP contribution is -2.37. The van der Waals surface area contributed by atoms with Gasteiger partial charge in [-0.1, -0.05) is 41.4 Å². The zero-order valence-corrected chi connectivity index (χ0v) is 15.2. The van der Waals surface area contributed by atoms with E-state index in [0.29, 0.717) is 28.1 Å². The van der Waals surface area contributed by atoms with Gasteiger partial charge in [-0.05, 0) is 55.8 Å². The molecule has 0 radical (unpaired) electrons.